The van der Waals surface area contributed by atoms with Crippen LogP contribution in [-0.2, 0) is 14.8 Å². The van der Waals surface area contributed by atoms with Crippen LogP contribution in [0.2, 0.25) is 0 Å². The average Bonchev–Trinajstić information content (AvgIpc) is 2.98. The predicted molar refractivity (Wildman–Crippen MR) is 70.8 cm³/mol. The molecule has 0 saturated carbocycles. The molecular formula is C11H18N4O4S. The van der Waals surface area contributed by atoms with E-state index in [4.69, 9.17) is 4.74 Å². The molecule has 9 heteroatoms. The van der Waals surface area contributed by atoms with Gasteiger partial charge in [0.2, 0.25) is 0 Å². The number of carbonyl (C=O) groups is 1. The normalized spacial score (nSPS) is 20.2. The molecule has 1 aromatic rings. The highest BCUT2D eigenvalue weighted by atomic mass is 32.2. The van der Waals surface area contributed by atoms with E-state index < -0.39 is 16.0 Å². The number of ether oxygens (including phenoxy) is 1. The second-order valence-corrected chi connectivity index (χ2v) is 6.35. The molecule has 2 N–H and O–H groups in total. The molecule has 1 unspecified atom stereocenters. The molecule has 2 heterocycles. The first kappa shape index (κ1) is 14.9. The third-order valence-electron chi connectivity index (χ3n) is 3.08. The summed E-state index contributed by atoms with van der Waals surface area (Å²) in [5.41, 5.74) is -0.0781. The van der Waals surface area contributed by atoms with Crippen molar-refractivity contribution in [3.8, 4) is 0 Å². The summed E-state index contributed by atoms with van der Waals surface area (Å²) >= 11 is 0. The van der Waals surface area contributed by atoms with Crippen molar-refractivity contribution in [2.45, 2.75) is 24.4 Å². The van der Waals surface area contributed by atoms with Crippen molar-refractivity contribution in [2.75, 3.05) is 26.7 Å². The lowest BCUT2D eigenvalue weighted by molar-refractivity contribution is 0.0522. The van der Waals surface area contributed by atoms with Crippen molar-refractivity contribution < 1.29 is 17.9 Å². The van der Waals surface area contributed by atoms with Crippen LogP contribution in [0.1, 0.15) is 23.7 Å². The van der Waals surface area contributed by atoms with Crippen LogP contribution >= 0.6 is 0 Å². The van der Waals surface area contributed by atoms with Crippen LogP contribution < -0.4 is 4.72 Å². The lowest BCUT2D eigenvalue weighted by Gasteiger charge is -2.13. The highest BCUT2D eigenvalue weighted by Gasteiger charge is 2.30. The Bertz CT molecular complexity index is 583. The summed E-state index contributed by atoms with van der Waals surface area (Å²) in [5.74, 6) is -0.704. The fraction of sp³-hybridized carbons (Fsp3) is 0.636. The summed E-state index contributed by atoms with van der Waals surface area (Å²) in [7, 11) is -1.89. The molecule has 1 saturated heterocycles. The minimum atomic E-state index is -3.81. The number of rotatable bonds is 5. The Morgan fingerprint density at radius 1 is 1.65 bits per heavy atom. The monoisotopic (exact) mass is 302 g/mol. The fourth-order valence-electron chi connectivity index (χ4n) is 2.14. The van der Waals surface area contributed by atoms with Gasteiger partial charge in [-0.3, -0.25) is 5.10 Å². The number of aromatic nitrogens is 2. The number of likely N-dealkylation sites (N-methyl/N-ethyl adjacent to an activating group) is 1. The van der Waals surface area contributed by atoms with Crippen LogP contribution in [0.25, 0.3) is 0 Å². The highest BCUT2D eigenvalue weighted by Crippen LogP contribution is 2.16. The van der Waals surface area contributed by atoms with E-state index in [-0.39, 0.29) is 23.2 Å². The van der Waals surface area contributed by atoms with E-state index >= 15 is 0 Å². The van der Waals surface area contributed by atoms with Crippen molar-refractivity contribution >= 4 is 16.0 Å². The van der Waals surface area contributed by atoms with Crippen LogP contribution in [-0.4, -0.2) is 62.3 Å². The van der Waals surface area contributed by atoms with Gasteiger partial charge in [-0.2, -0.15) is 5.10 Å². The number of aromatic amines is 1. The van der Waals surface area contributed by atoms with Gasteiger partial charge in [0.25, 0.3) is 10.0 Å². The van der Waals surface area contributed by atoms with Crippen molar-refractivity contribution in [3.05, 3.63) is 11.8 Å². The van der Waals surface area contributed by atoms with E-state index in [1.165, 1.54) is 0 Å². The van der Waals surface area contributed by atoms with Gasteiger partial charge >= 0.3 is 5.97 Å². The van der Waals surface area contributed by atoms with Gasteiger partial charge in [0, 0.05) is 12.6 Å². The summed E-state index contributed by atoms with van der Waals surface area (Å²) in [4.78, 5) is 13.7. The van der Waals surface area contributed by atoms with E-state index in [0.717, 1.165) is 19.2 Å². The second kappa shape index (κ2) is 5.90. The van der Waals surface area contributed by atoms with Crippen LogP contribution in [0.4, 0.5) is 0 Å². The Morgan fingerprint density at radius 3 is 3.00 bits per heavy atom. The summed E-state index contributed by atoms with van der Waals surface area (Å²) < 4.78 is 31.9. The number of nitrogens with one attached hydrogen (secondary N) is 2. The van der Waals surface area contributed by atoms with Crippen LogP contribution in [0, 0.1) is 0 Å². The zero-order chi connectivity index (χ0) is 14.8. The molecule has 20 heavy (non-hydrogen) atoms. The number of likely N-dealkylation sites (tertiary alicyclic amines) is 1. The molecule has 0 bridgehead atoms. The molecule has 0 aliphatic carbocycles. The first-order valence-corrected chi connectivity index (χ1v) is 7.83. The minimum absolute atomic E-state index is 0.0781. The maximum absolute atomic E-state index is 12.3. The fourth-order valence-corrected chi connectivity index (χ4v) is 3.49. The number of esters is 1. The zero-order valence-corrected chi connectivity index (χ0v) is 12.2. The zero-order valence-electron chi connectivity index (χ0n) is 11.4. The van der Waals surface area contributed by atoms with Crippen molar-refractivity contribution in [1.29, 1.82) is 0 Å². The van der Waals surface area contributed by atoms with E-state index in [0.29, 0.717) is 6.54 Å². The van der Waals surface area contributed by atoms with Gasteiger partial charge in [-0.1, -0.05) is 0 Å². The third kappa shape index (κ3) is 3.17. The molecule has 1 aromatic heterocycles. The molecule has 0 radical (unpaired) electrons. The average molecular weight is 302 g/mol. The number of carbonyl (C=O) groups excluding carboxylic acids is 1. The Morgan fingerprint density at radius 2 is 2.40 bits per heavy atom. The summed E-state index contributed by atoms with van der Waals surface area (Å²) in [6, 6.07) is -0.164. The molecular weight excluding hydrogens is 284 g/mol. The first-order valence-electron chi connectivity index (χ1n) is 6.35. The summed E-state index contributed by atoms with van der Waals surface area (Å²) in [6.45, 7) is 3.30. The minimum Gasteiger partial charge on any atom is -0.462 e. The third-order valence-corrected chi connectivity index (χ3v) is 4.57. The number of hydrogen-bond acceptors (Lipinski definition) is 6. The Labute approximate surface area is 117 Å². The van der Waals surface area contributed by atoms with Crippen LogP contribution in [0.15, 0.2) is 11.2 Å². The molecule has 1 fully saturated rings. The van der Waals surface area contributed by atoms with Gasteiger partial charge in [-0.25, -0.2) is 17.9 Å². The van der Waals surface area contributed by atoms with E-state index in [1.807, 2.05) is 11.9 Å². The van der Waals surface area contributed by atoms with Crippen LogP contribution in [0.5, 0.6) is 0 Å². The molecule has 0 aromatic carbocycles. The Balaban J connectivity index is 2.18. The molecule has 2 rings (SSSR count). The van der Waals surface area contributed by atoms with Crippen molar-refractivity contribution in [3.63, 3.8) is 0 Å². The molecule has 8 nitrogen and oxygen atoms in total. The van der Waals surface area contributed by atoms with Crippen molar-refractivity contribution in [1.82, 2.24) is 19.8 Å². The van der Waals surface area contributed by atoms with Crippen molar-refractivity contribution in [2.24, 2.45) is 0 Å². The van der Waals surface area contributed by atoms with E-state index in [2.05, 4.69) is 14.9 Å². The molecule has 0 amide bonds. The Hall–Kier alpha value is -1.45. The SMILES string of the molecule is CCOC(=O)c1cn[nH]c1S(=O)(=O)NC1CCN(C)C1. The maximum atomic E-state index is 12.3. The van der Waals surface area contributed by atoms with Gasteiger partial charge in [0.05, 0.1) is 12.8 Å². The number of nitrogens with zero attached hydrogens (tertiary/aromatic N) is 2. The highest BCUT2D eigenvalue weighted by molar-refractivity contribution is 7.89. The van der Waals surface area contributed by atoms with E-state index in [1.54, 1.807) is 6.92 Å². The second-order valence-electron chi connectivity index (χ2n) is 4.70. The number of hydrogen-bond donors (Lipinski definition) is 2. The first-order chi connectivity index (χ1) is 9.44. The molecule has 112 valence electrons. The molecule has 1 aliphatic rings. The summed E-state index contributed by atoms with van der Waals surface area (Å²) in [5, 5.41) is 5.74. The van der Waals surface area contributed by atoms with Gasteiger partial charge in [0.15, 0.2) is 5.03 Å². The standard InChI is InChI=1S/C11H18N4O4S/c1-3-19-11(16)9-6-12-13-10(9)20(17,18)14-8-4-5-15(2)7-8/h6,8,14H,3-5,7H2,1-2H3,(H,12,13). The predicted octanol–water partition coefficient (Wildman–Crippen LogP) is -0.431. The van der Waals surface area contributed by atoms with Gasteiger partial charge in [-0.15, -0.1) is 0 Å². The number of H-pyrrole nitrogens is 1. The smallest absolute Gasteiger partial charge is 0.342 e. The molecule has 1 aliphatic heterocycles. The Kier molecular flexibility index (Phi) is 4.41. The quantitative estimate of drug-likeness (QED) is 0.715. The van der Waals surface area contributed by atoms with Gasteiger partial charge < -0.3 is 9.64 Å². The maximum Gasteiger partial charge on any atom is 0.342 e. The topological polar surface area (TPSA) is 104 Å². The lowest BCUT2D eigenvalue weighted by atomic mass is 10.3. The van der Waals surface area contributed by atoms with Gasteiger partial charge in [0.1, 0.15) is 5.56 Å². The van der Waals surface area contributed by atoms with Crippen LogP contribution in [0.3, 0.4) is 0 Å². The van der Waals surface area contributed by atoms with Gasteiger partial charge in [-0.05, 0) is 26.9 Å². The molecule has 1 atom stereocenters. The molecule has 0 spiro atoms. The lowest BCUT2D eigenvalue weighted by Crippen LogP contribution is -2.37. The summed E-state index contributed by atoms with van der Waals surface area (Å²) in [6.07, 6.45) is 1.89. The van der Waals surface area contributed by atoms with E-state index in [9.17, 15) is 13.2 Å². The number of sulfonamides is 1. The largest absolute Gasteiger partial charge is 0.462 e.